The van der Waals surface area contributed by atoms with Crippen LogP contribution in [-0.4, -0.2) is 32.7 Å². The minimum absolute atomic E-state index is 0.265. The minimum atomic E-state index is -2.83. The lowest BCUT2D eigenvalue weighted by molar-refractivity contribution is 0.568. The molecular formula is C12H17NO2S2. The molecule has 94 valence electrons. The zero-order chi connectivity index (χ0) is 12.3. The van der Waals surface area contributed by atoms with Crippen molar-refractivity contribution in [3.8, 4) is 0 Å². The molecule has 1 aliphatic heterocycles. The lowest BCUT2D eigenvalue weighted by Gasteiger charge is -2.12. The molecule has 1 aliphatic rings. The van der Waals surface area contributed by atoms with E-state index < -0.39 is 9.84 Å². The van der Waals surface area contributed by atoms with E-state index in [0.717, 1.165) is 12.3 Å². The Kier molecular flexibility index (Phi) is 4.12. The standard InChI is InChI=1S/C12H17NO2S2/c1-17(14,15)8-4-7-13-11-9-16-12-6-3-2-5-10(11)12/h2-3,5-6,11,13H,4,7-9H2,1H3. The van der Waals surface area contributed by atoms with Gasteiger partial charge in [-0.2, -0.15) is 0 Å². The monoisotopic (exact) mass is 271 g/mol. The number of benzene rings is 1. The fraction of sp³-hybridized carbons (Fsp3) is 0.500. The highest BCUT2D eigenvalue weighted by atomic mass is 32.2. The molecular weight excluding hydrogens is 254 g/mol. The minimum Gasteiger partial charge on any atom is -0.309 e. The van der Waals surface area contributed by atoms with Gasteiger partial charge >= 0.3 is 0 Å². The van der Waals surface area contributed by atoms with Gasteiger partial charge in [-0.15, -0.1) is 11.8 Å². The van der Waals surface area contributed by atoms with E-state index in [-0.39, 0.29) is 5.75 Å². The van der Waals surface area contributed by atoms with Crippen LogP contribution in [0.15, 0.2) is 29.2 Å². The highest BCUT2D eigenvalue weighted by molar-refractivity contribution is 7.99. The normalized spacial score (nSPS) is 19.2. The molecule has 0 radical (unpaired) electrons. The average Bonchev–Trinajstić information content (AvgIpc) is 2.67. The molecule has 1 heterocycles. The molecule has 3 nitrogen and oxygen atoms in total. The SMILES string of the molecule is CS(=O)(=O)CCCNC1CSc2ccccc21. The van der Waals surface area contributed by atoms with Crippen LogP contribution in [0.3, 0.4) is 0 Å². The number of nitrogens with one attached hydrogen (secondary N) is 1. The van der Waals surface area contributed by atoms with E-state index in [9.17, 15) is 8.42 Å². The van der Waals surface area contributed by atoms with Gasteiger partial charge in [-0.05, 0) is 24.6 Å². The van der Waals surface area contributed by atoms with Crippen molar-refractivity contribution >= 4 is 21.6 Å². The van der Waals surface area contributed by atoms with Crippen LogP contribution in [0.5, 0.6) is 0 Å². The summed E-state index contributed by atoms with van der Waals surface area (Å²) < 4.78 is 22.0. The second-order valence-electron chi connectivity index (χ2n) is 4.34. The predicted octanol–water partition coefficient (Wildman–Crippen LogP) is 1.86. The molecule has 0 aromatic heterocycles. The van der Waals surface area contributed by atoms with Gasteiger partial charge in [0.1, 0.15) is 9.84 Å². The number of hydrogen-bond acceptors (Lipinski definition) is 4. The molecule has 1 N–H and O–H groups in total. The number of rotatable bonds is 5. The van der Waals surface area contributed by atoms with Crippen molar-refractivity contribution in [2.75, 3.05) is 24.3 Å². The highest BCUT2D eigenvalue weighted by Crippen LogP contribution is 2.37. The maximum Gasteiger partial charge on any atom is 0.147 e. The predicted molar refractivity (Wildman–Crippen MR) is 72.2 cm³/mol. The average molecular weight is 271 g/mol. The van der Waals surface area contributed by atoms with Crippen LogP contribution < -0.4 is 5.32 Å². The summed E-state index contributed by atoms with van der Waals surface area (Å²) in [7, 11) is -2.83. The molecule has 0 fully saturated rings. The summed E-state index contributed by atoms with van der Waals surface area (Å²) in [5, 5.41) is 3.43. The molecule has 0 saturated carbocycles. The van der Waals surface area contributed by atoms with Crippen LogP contribution in [0.2, 0.25) is 0 Å². The molecule has 1 aromatic carbocycles. The number of fused-ring (bicyclic) bond motifs is 1. The molecule has 1 unspecified atom stereocenters. The lowest BCUT2D eigenvalue weighted by Crippen LogP contribution is -2.23. The Hall–Kier alpha value is -0.520. The smallest absolute Gasteiger partial charge is 0.147 e. The Morgan fingerprint density at radius 1 is 1.41 bits per heavy atom. The largest absolute Gasteiger partial charge is 0.309 e. The Labute approximate surface area is 107 Å². The van der Waals surface area contributed by atoms with Crippen molar-refractivity contribution in [2.24, 2.45) is 0 Å². The third kappa shape index (κ3) is 3.72. The Bertz CT molecular complexity index is 485. The van der Waals surface area contributed by atoms with Crippen molar-refractivity contribution in [3.05, 3.63) is 29.8 Å². The Morgan fingerprint density at radius 2 is 2.18 bits per heavy atom. The first-order valence-corrected chi connectivity index (χ1v) is 8.74. The molecule has 0 aliphatic carbocycles. The summed E-state index contributed by atoms with van der Waals surface area (Å²) in [6.07, 6.45) is 1.97. The molecule has 2 rings (SSSR count). The summed E-state index contributed by atoms with van der Waals surface area (Å²) in [5.41, 5.74) is 1.34. The van der Waals surface area contributed by atoms with Gasteiger partial charge in [-0.1, -0.05) is 18.2 Å². The van der Waals surface area contributed by atoms with Gasteiger partial charge < -0.3 is 5.32 Å². The Morgan fingerprint density at radius 3 is 2.94 bits per heavy atom. The third-order valence-electron chi connectivity index (χ3n) is 2.78. The van der Waals surface area contributed by atoms with E-state index in [4.69, 9.17) is 0 Å². The van der Waals surface area contributed by atoms with E-state index >= 15 is 0 Å². The van der Waals surface area contributed by atoms with Gasteiger partial charge in [0.05, 0.1) is 5.75 Å². The first kappa shape index (κ1) is 12.9. The fourth-order valence-corrected chi connectivity index (χ4v) is 3.81. The number of sulfone groups is 1. The number of hydrogen-bond donors (Lipinski definition) is 1. The van der Waals surface area contributed by atoms with E-state index in [0.29, 0.717) is 12.5 Å². The zero-order valence-electron chi connectivity index (χ0n) is 9.85. The summed E-state index contributed by atoms with van der Waals surface area (Å²) in [6, 6.07) is 8.76. The lowest BCUT2D eigenvalue weighted by atomic mass is 10.1. The Balaban J connectivity index is 1.82. The summed E-state index contributed by atoms with van der Waals surface area (Å²) in [6.45, 7) is 0.757. The van der Waals surface area contributed by atoms with Crippen LogP contribution in [0.4, 0.5) is 0 Å². The number of thioether (sulfide) groups is 1. The van der Waals surface area contributed by atoms with E-state index in [1.807, 2.05) is 11.8 Å². The van der Waals surface area contributed by atoms with E-state index in [1.54, 1.807) is 0 Å². The first-order valence-electron chi connectivity index (χ1n) is 5.69. The molecule has 0 saturated heterocycles. The zero-order valence-corrected chi connectivity index (χ0v) is 11.5. The second kappa shape index (κ2) is 5.42. The van der Waals surface area contributed by atoms with Crippen molar-refractivity contribution in [1.82, 2.24) is 5.32 Å². The molecule has 1 aromatic rings. The third-order valence-corrected chi connectivity index (χ3v) is 5.00. The van der Waals surface area contributed by atoms with Gasteiger partial charge in [-0.3, -0.25) is 0 Å². The molecule has 0 bridgehead atoms. The van der Waals surface area contributed by atoms with Crippen molar-refractivity contribution < 1.29 is 8.42 Å². The second-order valence-corrected chi connectivity index (χ2v) is 7.66. The van der Waals surface area contributed by atoms with Gasteiger partial charge in [-0.25, -0.2) is 8.42 Å². The summed E-state index contributed by atoms with van der Waals surface area (Å²) >= 11 is 1.86. The van der Waals surface area contributed by atoms with E-state index in [2.05, 4.69) is 29.6 Å². The van der Waals surface area contributed by atoms with E-state index in [1.165, 1.54) is 16.7 Å². The highest BCUT2D eigenvalue weighted by Gasteiger charge is 2.21. The summed E-state index contributed by atoms with van der Waals surface area (Å²) in [4.78, 5) is 1.34. The molecule has 0 spiro atoms. The molecule has 17 heavy (non-hydrogen) atoms. The van der Waals surface area contributed by atoms with Crippen LogP contribution in [-0.2, 0) is 9.84 Å². The van der Waals surface area contributed by atoms with Crippen LogP contribution >= 0.6 is 11.8 Å². The quantitative estimate of drug-likeness (QED) is 0.830. The van der Waals surface area contributed by atoms with Crippen LogP contribution in [0.1, 0.15) is 18.0 Å². The maximum atomic E-state index is 11.0. The van der Waals surface area contributed by atoms with Gasteiger partial charge in [0.25, 0.3) is 0 Å². The summed E-state index contributed by atoms with van der Waals surface area (Å²) in [5.74, 6) is 1.31. The first-order chi connectivity index (χ1) is 8.06. The van der Waals surface area contributed by atoms with Crippen LogP contribution in [0.25, 0.3) is 0 Å². The van der Waals surface area contributed by atoms with Gasteiger partial charge in [0, 0.05) is 22.9 Å². The van der Waals surface area contributed by atoms with Crippen molar-refractivity contribution in [1.29, 1.82) is 0 Å². The molecule has 1 atom stereocenters. The fourth-order valence-electron chi connectivity index (χ4n) is 1.94. The van der Waals surface area contributed by atoms with Crippen molar-refractivity contribution in [3.63, 3.8) is 0 Å². The van der Waals surface area contributed by atoms with Gasteiger partial charge in [0.15, 0.2) is 0 Å². The topological polar surface area (TPSA) is 46.2 Å². The van der Waals surface area contributed by atoms with Gasteiger partial charge in [0.2, 0.25) is 0 Å². The van der Waals surface area contributed by atoms with Crippen LogP contribution in [0, 0.1) is 0 Å². The molecule has 0 amide bonds. The van der Waals surface area contributed by atoms with Crippen molar-refractivity contribution in [2.45, 2.75) is 17.4 Å². The molecule has 5 heteroatoms. The maximum absolute atomic E-state index is 11.0.